The molecule has 1 aliphatic rings. The van der Waals surface area contributed by atoms with E-state index in [0.717, 1.165) is 13.0 Å². The highest BCUT2D eigenvalue weighted by Gasteiger charge is 2.30. The average molecular weight is 327 g/mol. The molecule has 1 aromatic carbocycles. The number of nitriles is 1. The Morgan fingerprint density at radius 3 is 2.75 bits per heavy atom. The molecule has 2 aromatic rings. The van der Waals surface area contributed by atoms with Gasteiger partial charge in [-0.25, -0.2) is 4.39 Å². The zero-order chi connectivity index (χ0) is 17.7. The second-order valence-electron chi connectivity index (χ2n) is 6.96. The molecule has 1 aliphatic heterocycles. The van der Waals surface area contributed by atoms with Gasteiger partial charge in [0.05, 0.1) is 12.5 Å². The van der Waals surface area contributed by atoms with Gasteiger partial charge in [-0.2, -0.15) is 5.26 Å². The summed E-state index contributed by atoms with van der Waals surface area (Å²) in [6.07, 6.45) is 3.02. The van der Waals surface area contributed by atoms with E-state index in [1.165, 1.54) is 22.2 Å². The average Bonchev–Trinajstić information content (AvgIpc) is 2.85. The van der Waals surface area contributed by atoms with Crippen molar-refractivity contribution in [2.24, 2.45) is 0 Å². The summed E-state index contributed by atoms with van der Waals surface area (Å²) in [5.74, 6) is 0. The lowest BCUT2D eigenvalue weighted by atomic mass is 9.96. The summed E-state index contributed by atoms with van der Waals surface area (Å²) in [6.45, 7) is 10.1. The normalized spacial score (nSPS) is 17.5. The van der Waals surface area contributed by atoms with Gasteiger partial charge in [0.1, 0.15) is 5.67 Å². The fourth-order valence-corrected chi connectivity index (χ4v) is 3.17. The number of alkyl halides is 1. The summed E-state index contributed by atoms with van der Waals surface area (Å²) < 4.78 is 13.9. The van der Waals surface area contributed by atoms with E-state index in [1.807, 2.05) is 6.07 Å². The molecule has 0 aliphatic carbocycles. The molecule has 0 saturated heterocycles. The van der Waals surface area contributed by atoms with Crippen LogP contribution in [-0.2, 0) is 13.0 Å². The number of fused-ring (bicyclic) bond motifs is 3. The lowest BCUT2D eigenvalue weighted by Crippen LogP contribution is -2.44. The third-order valence-electron chi connectivity index (χ3n) is 4.20. The SMILES string of the molecule is C=CCC#N.C[C@@H]1Cc2c([nH]c3ccccc23)CN1CC(C)(C)F. The Kier molecular flexibility index (Phi) is 5.80. The molecule has 0 radical (unpaired) electrons. The molecule has 24 heavy (non-hydrogen) atoms. The highest BCUT2D eigenvalue weighted by atomic mass is 19.1. The van der Waals surface area contributed by atoms with Crippen molar-refractivity contribution < 1.29 is 4.39 Å². The number of hydrogen-bond donors (Lipinski definition) is 1. The Hall–Kier alpha value is -2.12. The standard InChI is InChI=1S/C16H21FN2.C4H5N/c1-11-8-13-12-6-4-5-7-14(12)18-15(13)9-19(11)10-16(2,3)17;1-2-3-4-5/h4-7,11,18H,8-10H2,1-3H3;2H,1,3H2/t11-;/m1./s1. The van der Waals surface area contributed by atoms with E-state index in [0.29, 0.717) is 19.0 Å². The topological polar surface area (TPSA) is 42.8 Å². The van der Waals surface area contributed by atoms with Crippen LogP contribution in [0.2, 0.25) is 0 Å². The Morgan fingerprint density at radius 1 is 1.46 bits per heavy atom. The number of para-hydroxylation sites is 1. The van der Waals surface area contributed by atoms with Crippen molar-refractivity contribution in [2.45, 2.75) is 51.9 Å². The second kappa shape index (κ2) is 7.63. The molecule has 0 fully saturated rings. The molecule has 1 N–H and O–H groups in total. The lowest BCUT2D eigenvalue weighted by molar-refractivity contribution is 0.0853. The first kappa shape index (κ1) is 18.2. The number of nitrogens with zero attached hydrogens (tertiary/aromatic N) is 2. The summed E-state index contributed by atoms with van der Waals surface area (Å²) in [4.78, 5) is 5.72. The van der Waals surface area contributed by atoms with Crippen LogP contribution in [0.4, 0.5) is 4.39 Å². The monoisotopic (exact) mass is 327 g/mol. The molecule has 1 atom stereocenters. The summed E-state index contributed by atoms with van der Waals surface area (Å²) in [5.41, 5.74) is 2.72. The Morgan fingerprint density at radius 2 is 2.17 bits per heavy atom. The minimum atomic E-state index is -1.14. The van der Waals surface area contributed by atoms with Crippen molar-refractivity contribution >= 4 is 10.9 Å². The maximum absolute atomic E-state index is 13.9. The number of allylic oxidation sites excluding steroid dienone is 1. The van der Waals surface area contributed by atoms with E-state index >= 15 is 0 Å². The predicted octanol–water partition coefficient (Wildman–Crippen LogP) is 4.75. The Labute approximate surface area is 143 Å². The highest BCUT2D eigenvalue weighted by molar-refractivity contribution is 5.84. The molecule has 1 aromatic heterocycles. The summed E-state index contributed by atoms with van der Waals surface area (Å²) in [5, 5.41) is 9.07. The molecule has 0 bridgehead atoms. The van der Waals surface area contributed by atoms with Crippen LogP contribution in [0.3, 0.4) is 0 Å². The van der Waals surface area contributed by atoms with Gasteiger partial charge in [0.15, 0.2) is 0 Å². The Balaban J connectivity index is 0.000000368. The van der Waals surface area contributed by atoms with Gasteiger partial charge < -0.3 is 4.98 Å². The van der Waals surface area contributed by atoms with E-state index in [-0.39, 0.29) is 0 Å². The van der Waals surface area contributed by atoms with Gasteiger partial charge in [-0.05, 0) is 38.8 Å². The fraction of sp³-hybridized carbons (Fsp3) is 0.450. The fourth-order valence-electron chi connectivity index (χ4n) is 3.17. The van der Waals surface area contributed by atoms with Crippen LogP contribution >= 0.6 is 0 Å². The molecule has 3 nitrogen and oxygen atoms in total. The Bertz CT molecular complexity index is 733. The van der Waals surface area contributed by atoms with E-state index in [1.54, 1.807) is 19.9 Å². The number of aromatic nitrogens is 1. The molecular weight excluding hydrogens is 301 g/mol. The van der Waals surface area contributed by atoms with Gasteiger partial charge in [-0.1, -0.05) is 24.3 Å². The summed E-state index contributed by atoms with van der Waals surface area (Å²) >= 11 is 0. The number of nitrogens with one attached hydrogen (secondary N) is 1. The smallest absolute Gasteiger partial charge is 0.118 e. The van der Waals surface area contributed by atoms with Crippen molar-refractivity contribution in [2.75, 3.05) is 6.54 Å². The van der Waals surface area contributed by atoms with E-state index < -0.39 is 5.67 Å². The van der Waals surface area contributed by atoms with Crippen LogP contribution in [0, 0.1) is 11.3 Å². The predicted molar refractivity (Wildman–Crippen MR) is 97.5 cm³/mol. The maximum Gasteiger partial charge on any atom is 0.118 e. The molecule has 128 valence electrons. The van der Waals surface area contributed by atoms with E-state index in [9.17, 15) is 4.39 Å². The first-order chi connectivity index (χ1) is 11.4. The van der Waals surface area contributed by atoms with Crippen LogP contribution < -0.4 is 0 Å². The van der Waals surface area contributed by atoms with Gasteiger partial charge in [0.2, 0.25) is 0 Å². The molecule has 3 rings (SSSR count). The van der Waals surface area contributed by atoms with Crippen molar-refractivity contribution in [3.8, 4) is 6.07 Å². The second-order valence-corrected chi connectivity index (χ2v) is 6.96. The molecule has 0 amide bonds. The van der Waals surface area contributed by atoms with Crippen molar-refractivity contribution in [1.29, 1.82) is 5.26 Å². The number of hydrogen-bond acceptors (Lipinski definition) is 2. The summed E-state index contributed by atoms with van der Waals surface area (Å²) in [7, 11) is 0. The van der Waals surface area contributed by atoms with E-state index in [4.69, 9.17) is 5.26 Å². The van der Waals surface area contributed by atoms with Crippen LogP contribution in [-0.4, -0.2) is 28.1 Å². The molecule has 2 heterocycles. The number of halogens is 1. The molecule has 0 unspecified atom stereocenters. The number of benzene rings is 1. The largest absolute Gasteiger partial charge is 0.357 e. The van der Waals surface area contributed by atoms with Gasteiger partial charge in [0, 0.05) is 35.7 Å². The van der Waals surface area contributed by atoms with Gasteiger partial charge in [-0.3, -0.25) is 4.90 Å². The van der Waals surface area contributed by atoms with Crippen LogP contribution in [0.15, 0.2) is 36.9 Å². The quantitative estimate of drug-likeness (QED) is 0.827. The zero-order valence-electron chi connectivity index (χ0n) is 14.8. The molecule has 0 saturated carbocycles. The van der Waals surface area contributed by atoms with Gasteiger partial charge >= 0.3 is 0 Å². The van der Waals surface area contributed by atoms with Crippen LogP contribution in [0.25, 0.3) is 10.9 Å². The highest BCUT2D eigenvalue weighted by Crippen LogP contribution is 2.31. The maximum atomic E-state index is 13.9. The minimum Gasteiger partial charge on any atom is -0.357 e. The number of rotatable bonds is 3. The minimum absolute atomic E-state index is 0.390. The number of H-pyrrole nitrogens is 1. The lowest BCUT2D eigenvalue weighted by Gasteiger charge is -2.36. The summed E-state index contributed by atoms with van der Waals surface area (Å²) in [6, 6.07) is 10.7. The van der Waals surface area contributed by atoms with Crippen molar-refractivity contribution in [1.82, 2.24) is 9.88 Å². The first-order valence-electron chi connectivity index (χ1n) is 8.35. The van der Waals surface area contributed by atoms with Crippen molar-refractivity contribution in [3.63, 3.8) is 0 Å². The van der Waals surface area contributed by atoms with Gasteiger partial charge in [0.25, 0.3) is 0 Å². The third kappa shape index (κ3) is 4.46. The van der Waals surface area contributed by atoms with E-state index in [2.05, 4.69) is 47.7 Å². The molecule has 0 spiro atoms. The van der Waals surface area contributed by atoms with Crippen LogP contribution in [0.1, 0.15) is 38.4 Å². The number of aromatic amines is 1. The zero-order valence-corrected chi connectivity index (χ0v) is 14.8. The van der Waals surface area contributed by atoms with Crippen molar-refractivity contribution in [3.05, 3.63) is 48.2 Å². The first-order valence-corrected chi connectivity index (χ1v) is 8.35. The van der Waals surface area contributed by atoms with Crippen LogP contribution in [0.5, 0.6) is 0 Å². The van der Waals surface area contributed by atoms with Gasteiger partial charge in [-0.15, -0.1) is 6.58 Å². The third-order valence-corrected chi connectivity index (χ3v) is 4.20. The molecule has 4 heteroatoms. The molecular formula is C20H26FN3.